The molecular weight excluding hydrogens is 184 g/mol. The highest BCUT2D eigenvalue weighted by Gasteiger charge is 2.24. The van der Waals surface area contributed by atoms with E-state index in [9.17, 15) is 9.90 Å². The molecule has 1 unspecified atom stereocenters. The highest BCUT2D eigenvalue weighted by atomic mass is 16.6. The summed E-state index contributed by atoms with van der Waals surface area (Å²) < 4.78 is 5.11. The topological polar surface area (TPSA) is 62.1 Å². The maximum absolute atomic E-state index is 11.5. The van der Waals surface area contributed by atoms with Gasteiger partial charge in [-0.15, -0.1) is 0 Å². The van der Waals surface area contributed by atoms with E-state index in [1.165, 1.54) is 11.2 Å². The first kappa shape index (κ1) is 11.0. The van der Waals surface area contributed by atoms with Crippen LogP contribution in [0.2, 0.25) is 0 Å². The van der Waals surface area contributed by atoms with Crippen molar-refractivity contribution in [2.45, 2.75) is 32.5 Å². The van der Waals surface area contributed by atoms with Crippen molar-refractivity contribution in [1.82, 2.24) is 4.90 Å². The summed E-state index contributed by atoms with van der Waals surface area (Å²) in [5.41, 5.74) is -0.521. The molecule has 0 radical (unpaired) electrons. The van der Waals surface area contributed by atoms with Crippen LogP contribution >= 0.6 is 0 Å². The van der Waals surface area contributed by atoms with Crippen molar-refractivity contribution in [3.05, 3.63) is 0 Å². The van der Waals surface area contributed by atoms with Gasteiger partial charge < -0.3 is 9.84 Å². The van der Waals surface area contributed by atoms with Gasteiger partial charge in [0.15, 0.2) is 0 Å². The number of aliphatic hydroxyl groups is 1. The van der Waals surface area contributed by atoms with Crippen LogP contribution in [0.3, 0.4) is 0 Å². The smallest absolute Gasteiger partial charge is 0.415 e. The minimum atomic E-state index is -0.590. The van der Waals surface area contributed by atoms with Gasteiger partial charge >= 0.3 is 6.09 Å². The maximum atomic E-state index is 11.5. The molecule has 0 saturated heterocycles. The van der Waals surface area contributed by atoms with Crippen LogP contribution in [0.25, 0.3) is 0 Å². The van der Waals surface area contributed by atoms with Crippen LogP contribution in [0.4, 0.5) is 4.79 Å². The average molecular weight is 200 g/mol. The zero-order valence-corrected chi connectivity index (χ0v) is 8.73. The second-order valence-corrected chi connectivity index (χ2v) is 4.27. The van der Waals surface area contributed by atoms with Gasteiger partial charge in [0.1, 0.15) is 5.60 Å². The minimum Gasteiger partial charge on any atom is -0.443 e. The molecule has 1 aliphatic heterocycles. The molecule has 0 aromatic rings. The lowest BCUT2D eigenvalue weighted by Crippen LogP contribution is -2.43. The molecule has 0 bridgehead atoms. The number of hydrogen-bond acceptors (Lipinski definition) is 4. The Balaban J connectivity index is 2.53. The maximum Gasteiger partial charge on any atom is 0.415 e. The normalized spacial score (nSPS) is 22.3. The fourth-order valence-corrected chi connectivity index (χ4v) is 1.04. The number of hydrogen-bond donors (Lipinski definition) is 1. The van der Waals surface area contributed by atoms with Crippen LogP contribution in [0.5, 0.6) is 0 Å². The second kappa shape index (κ2) is 3.96. The number of nitrogens with zero attached hydrogens (tertiary/aromatic N) is 2. The van der Waals surface area contributed by atoms with Crippen LogP contribution in [0.1, 0.15) is 20.8 Å². The van der Waals surface area contributed by atoms with E-state index in [-0.39, 0.29) is 6.54 Å². The van der Waals surface area contributed by atoms with E-state index in [1.807, 2.05) is 0 Å². The van der Waals surface area contributed by atoms with Crippen LogP contribution in [0, 0.1) is 0 Å². The summed E-state index contributed by atoms with van der Waals surface area (Å²) in [4.78, 5) is 16.6. The van der Waals surface area contributed by atoms with Crippen LogP contribution in [0.15, 0.2) is 4.99 Å². The Morgan fingerprint density at radius 1 is 1.64 bits per heavy atom. The molecular formula is C9H16N2O3. The molecule has 0 spiro atoms. The summed E-state index contributed by atoms with van der Waals surface area (Å²) in [6.45, 7) is 5.98. The Morgan fingerprint density at radius 2 is 2.29 bits per heavy atom. The molecule has 1 N–H and O–H groups in total. The third kappa shape index (κ3) is 3.33. The van der Waals surface area contributed by atoms with E-state index < -0.39 is 17.8 Å². The molecule has 1 amide bonds. The highest BCUT2D eigenvalue weighted by Crippen LogP contribution is 2.10. The van der Waals surface area contributed by atoms with Gasteiger partial charge in [0.25, 0.3) is 0 Å². The second-order valence-electron chi connectivity index (χ2n) is 4.27. The van der Waals surface area contributed by atoms with Crippen LogP contribution in [-0.4, -0.2) is 47.2 Å². The SMILES string of the molecule is CC(C)(C)OC(=O)N1C=NCC(O)C1. The van der Waals surface area contributed by atoms with E-state index in [0.717, 1.165) is 0 Å². The molecule has 0 saturated carbocycles. The number of rotatable bonds is 0. The van der Waals surface area contributed by atoms with Crippen LogP contribution < -0.4 is 0 Å². The average Bonchev–Trinajstić information content (AvgIpc) is 2.01. The van der Waals surface area contributed by atoms with Crippen molar-refractivity contribution in [3.63, 3.8) is 0 Å². The fourth-order valence-electron chi connectivity index (χ4n) is 1.04. The van der Waals surface area contributed by atoms with Crippen molar-refractivity contribution in [1.29, 1.82) is 0 Å². The zero-order chi connectivity index (χ0) is 10.8. The lowest BCUT2D eigenvalue weighted by Gasteiger charge is -2.27. The third-order valence-electron chi connectivity index (χ3n) is 1.57. The van der Waals surface area contributed by atoms with Crippen molar-refractivity contribution >= 4 is 12.4 Å². The lowest BCUT2D eigenvalue weighted by molar-refractivity contribution is 0.0293. The first-order valence-electron chi connectivity index (χ1n) is 4.56. The van der Waals surface area contributed by atoms with E-state index in [2.05, 4.69) is 4.99 Å². The summed E-state index contributed by atoms with van der Waals surface area (Å²) in [5, 5.41) is 9.26. The first-order chi connectivity index (χ1) is 6.38. The molecule has 1 aliphatic rings. The Kier molecular flexibility index (Phi) is 3.10. The standard InChI is InChI=1S/C9H16N2O3/c1-9(2,3)14-8(13)11-5-7(12)4-10-6-11/h6-7,12H,4-5H2,1-3H3. The van der Waals surface area contributed by atoms with Crippen molar-refractivity contribution in [2.24, 2.45) is 4.99 Å². The van der Waals surface area contributed by atoms with Crippen molar-refractivity contribution in [2.75, 3.05) is 13.1 Å². The molecule has 5 heteroatoms. The monoisotopic (exact) mass is 200 g/mol. The van der Waals surface area contributed by atoms with Gasteiger partial charge in [-0.05, 0) is 20.8 Å². The Labute approximate surface area is 83.4 Å². The van der Waals surface area contributed by atoms with Gasteiger partial charge in [-0.3, -0.25) is 9.89 Å². The number of carbonyl (C=O) groups is 1. The summed E-state index contributed by atoms with van der Waals surface area (Å²) >= 11 is 0. The van der Waals surface area contributed by atoms with Gasteiger partial charge in [0, 0.05) is 0 Å². The van der Waals surface area contributed by atoms with E-state index in [1.54, 1.807) is 20.8 Å². The zero-order valence-electron chi connectivity index (χ0n) is 8.73. The number of ether oxygens (including phenoxy) is 1. The Morgan fingerprint density at radius 3 is 2.79 bits per heavy atom. The number of aliphatic hydroxyl groups excluding tert-OH is 1. The summed E-state index contributed by atoms with van der Waals surface area (Å²) in [6.07, 6.45) is 0.341. The van der Waals surface area contributed by atoms with Gasteiger partial charge in [-0.2, -0.15) is 0 Å². The molecule has 1 rings (SSSR count). The summed E-state index contributed by atoms with van der Waals surface area (Å²) in [7, 11) is 0. The summed E-state index contributed by atoms with van der Waals surface area (Å²) in [5.74, 6) is 0. The van der Waals surface area contributed by atoms with E-state index >= 15 is 0 Å². The van der Waals surface area contributed by atoms with Gasteiger partial charge in [-0.1, -0.05) is 0 Å². The number of aliphatic imine (C=N–C) groups is 1. The number of β-amino-alcohol motifs (C(OH)–C–C–N with tert-alkyl or cyclic N) is 1. The van der Waals surface area contributed by atoms with E-state index in [0.29, 0.717) is 6.54 Å². The van der Waals surface area contributed by atoms with Gasteiger partial charge in [-0.25, -0.2) is 4.79 Å². The molecule has 0 aromatic carbocycles. The van der Waals surface area contributed by atoms with Crippen molar-refractivity contribution in [3.8, 4) is 0 Å². The lowest BCUT2D eigenvalue weighted by atomic mass is 10.2. The molecule has 14 heavy (non-hydrogen) atoms. The quantitative estimate of drug-likeness (QED) is 0.623. The molecule has 1 atom stereocenters. The number of carbonyl (C=O) groups excluding carboxylic acids is 1. The predicted octanol–water partition coefficient (Wildman–Crippen LogP) is 0.626. The number of amides is 1. The molecule has 1 heterocycles. The Bertz CT molecular complexity index is 245. The molecule has 0 fully saturated rings. The van der Waals surface area contributed by atoms with Crippen molar-refractivity contribution < 1.29 is 14.6 Å². The van der Waals surface area contributed by atoms with Gasteiger partial charge in [0.05, 0.1) is 25.5 Å². The predicted molar refractivity (Wildman–Crippen MR) is 52.3 cm³/mol. The van der Waals surface area contributed by atoms with E-state index in [4.69, 9.17) is 4.74 Å². The molecule has 80 valence electrons. The molecule has 5 nitrogen and oxygen atoms in total. The fraction of sp³-hybridized carbons (Fsp3) is 0.778. The van der Waals surface area contributed by atoms with Crippen LogP contribution in [-0.2, 0) is 4.74 Å². The summed E-state index contributed by atoms with van der Waals surface area (Å²) in [6, 6.07) is 0. The molecule has 0 aliphatic carbocycles. The minimum absolute atomic E-state index is 0.248. The first-order valence-corrected chi connectivity index (χ1v) is 4.56. The largest absolute Gasteiger partial charge is 0.443 e. The molecule has 0 aromatic heterocycles. The third-order valence-corrected chi connectivity index (χ3v) is 1.57. The Hall–Kier alpha value is -1.10. The van der Waals surface area contributed by atoms with Gasteiger partial charge in [0.2, 0.25) is 0 Å². The highest BCUT2D eigenvalue weighted by molar-refractivity contribution is 5.83.